The van der Waals surface area contributed by atoms with Crippen molar-refractivity contribution in [1.29, 1.82) is 0 Å². The molecule has 0 amide bonds. The Morgan fingerprint density at radius 1 is 1.43 bits per heavy atom. The van der Waals surface area contributed by atoms with Crippen molar-refractivity contribution in [3.05, 3.63) is 28.3 Å². The average molecular weight is 308 g/mol. The molecule has 1 aliphatic heterocycles. The van der Waals surface area contributed by atoms with Gasteiger partial charge in [0.1, 0.15) is 0 Å². The molecule has 1 fully saturated rings. The molecule has 0 spiro atoms. The Bertz CT molecular complexity index is 694. The van der Waals surface area contributed by atoms with Crippen LogP contribution in [0.15, 0.2) is 23.4 Å². The molecule has 2 aromatic rings. The summed E-state index contributed by atoms with van der Waals surface area (Å²) in [5, 5.41) is 14.5. The van der Waals surface area contributed by atoms with E-state index >= 15 is 0 Å². The molecule has 0 bridgehead atoms. The number of imidazole rings is 1. The van der Waals surface area contributed by atoms with Crippen molar-refractivity contribution in [2.75, 3.05) is 12.3 Å². The number of aromatic amines is 1. The molecule has 3 rings (SSSR count). The third-order valence-corrected chi connectivity index (χ3v) is 4.96. The number of aromatic nitrogens is 2. The summed E-state index contributed by atoms with van der Waals surface area (Å²) in [5.41, 5.74) is 1.14. The number of nitrogens with one attached hydrogen (secondary N) is 2. The van der Waals surface area contributed by atoms with Crippen molar-refractivity contribution in [3.63, 3.8) is 0 Å². The number of fused-ring (bicyclic) bond motifs is 1. The summed E-state index contributed by atoms with van der Waals surface area (Å²) in [6.45, 7) is 0.966. The number of nitro benzene ring substituents is 1. The maximum absolute atomic E-state index is 12.3. The Morgan fingerprint density at radius 3 is 3.00 bits per heavy atom. The number of H-pyrrole nitrogens is 1. The van der Waals surface area contributed by atoms with E-state index in [1.54, 1.807) is 6.07 Å². The third-order valence-electron chi connectivity index (χ3n) is 3.64. The van der Waals surface area contributed by atoms with Gasteiger partial charge in [0.2, 0.25) is 0 Å². The highest BCUT2D eigenvalue weighted by atomic mass is 32.2. The molecule has 1 aromatic heterocycles. The van der Waals surface area contributed by atoms with E-state index < -0.39 is 15.7 Å². The van der Waals surface area contributed by atoms with E-state index in [9.17, 15) is 14.3 Å². The monoisotopic (exact) mass is 308 g/mol. The summed E-state index contributed by atoms with van der Waals surface area (Å²) in [5.74, 6) is 0.516. The Labute approximate surface area is 123 Å². The van der Waals surface area contributed by atoms with Crippen LogP contribution in [0.3, 0.4) is 0 Å². The van der Waals surface area contributed by atoms with Gasteiger partial charge in [-0.3, -0.25) is 14.3 Å². The summed E-state index contributed by atoms with van der Waals surface area (Å²) in [7, 11) is -1.23. The number of benzene rings is 1. The second-order valence-corrected chi connectivity index (χ2v) is 6.57. The molecule has 0 radical (unpaired) electrons. The van der Waals surface area contributed by atoms with Crippen LogP contribution in [0.1, 0.15) is 19.3 Å². The van der Waals surface area contributed by atoms with Gasteiger partial charge in [-0.05, 0) is 25.5 Å². The van der Waals surface area contributed by atoms with Crippen LogP contribution >= 0.6 is 0 Å². The van der Waals surface area contributed by atoms with Gasteiger partial charge in [-0.1, -0.05) is 6.42 Å². The van der Waals surface area contributed by atoms with E-state index in [-0.39, 0.29) is 11.7 Å². The summed E-state index contributed by atoms with van der Waals surface area (Å²) in [4.78, 5) is 17.5. The lowest BCUT2D eigenvalue weighted by atomic mass is 10.1. The van der Waals surface area contributed by atoms with E-state index in [0.717, 1.165) is 25.8 Å². The highest BCUT2D eigenvalue weighted by Crippen LogP contribution is 2.20. The van der Waals surface area contributed by atoms with Crippen LogP contribution in [-0.4, -0.2) is 37.4 Å². The minimum Gasteiger partial charge on any atom is -0.331 e. The second-order valence-electron chi connectivity index (χ2n) is 5.16. The molecule has 0 aliphatic carbocycles. The fourth-order valence-corrected chi connectivity index (χ4v) is 3.76. The highest BCUT2D eigenvalue weighted by Gasteiger charge is 2.19. The lowest BCUT2D eigenvalue weighted by Crippen LogP contribution is -2.38. The second kappa shape index (κ2) is 5.90. The predicted octanol–water partition coefficient (Wildman–Crippen LogP) is 1.72. The number of nitrogens with zero attached hydrogens (tertiary/aromatic N) is 2. The maximum Gasteiger partial charge on any atom is 0.271 e. The first-order chi connectivity index (χ1) is 10.1. The fourth-order valence-electron chi connectivity index (χ4n) is 2.52. The average Bonchev–Trinajstić information content (AvgIpc) is 2.91. The number of rotatable bonds is 4. The highest BCUT2D eigenvalue weighted by molar-refractivity contribution is 7.84. The Morgan fingerprint density at radius 2 is 2.29 bits per heavy atom. The SMILES string of the molecule is O=[N+]([O-])c1ccc2nc([S@](=O)C[C@H]3CCCCN3)[nH]c2c1. The van der Waals surface area contributed by atoms with Crippen molar-refractivity contribution in [2.45, 2.75) is 30.5 Å². The molecule has 0 saturated carbocycles. The first kappa shape index (κ1) is 14.2. The topological polar surface area (TPSA) is 101 Å². The summed E-state index contributed by atoms with van der Waals surface area (Å²) < 4.78 is 12.3. The molecule has 1 aromatic carbocycles. The van der Waals surface area contributed by atoms with Gasteiger partial charge in [-0.15, -0.1) is 0 Å². The number of non-ortho nitro benzene ring substituents is 1. The summed E-state index contributed by atoms with van der Waals surface area (Å²) >= 11 is 0. The molecular formula is C13H16N4O3S. The van der Waals surface area contributed by atoms with E-state index in [1.807, 2.05) is 0 Å². The van der Waals surface area contributed by atoms with Gasteiger partial charge in [0.15, 0.2) is 5.16 Å². The van der Waals surface area contributed by atoms with E-state index in [4.69, 9.17) is 0 Å². The molecule has 1 aliphatic rings. The molecule has 1 saturated heterocycles. The predicted molar refractivity (Wildman–Crippen MR) is 79.7 cm³/mol. The van der Waals surface area contributed by atoms with Crippen molar-refractivity contribution >= 4 is 27.5 Å². The maximum atomic E-state index is 12.3. The van der Waals surface area contributed by atoms with Crippen LogP contribution in [0.4, 0.5) is 5.69 Å². The quantitative estimate of drug-likeness (QED) is 0.661. The van der Waals surface area contributed by atoms with E-state index in [1.165, 1.54) is 12.1 Å². The van der Waals surface area contributed by atoms with Crippen LogP contribution in [0, 0.1) is 10.1 Å². The molecule has 0 unspecified atom stereocenters. The minimum atomic E-state index is -1.23. The van der Waals surface area contributed by atoms with Crippen LogP contribution in [0.2, 0.25) is 0 Å². The van der Waals surface area contributed by atoms with Gasteiger partial charge >= 0.3 is 0 Å². The summed E-state index contributed by atoms with van der Waals surface area (Å²) in [6, 6.07) is 4.64. The zero-order valence-electron chi connectivity index (χ0n) is 11.4. The van der Waals surface area contributed by atoms with Gasteiger partial charge in [0, 0.05) is 23.9 Å². The molecule has 2 N–H and O–H groups in total. The van der Waals surface area contributed by atoms with Crippen LogP contribution < -0.4 is 5.32 Å². The van der Waals surface area contributed by atoms with E-state index in [2.05, 4.69) is 15.3 Å². The zero-order chi connectivity index (χ0) is 14.8. The molecule has 112 valence electrons. The standard InChI is InChI=1S/C13H16N4O3S/c18-17(19)10-4-5-11-12(7-10)16-13(15-11)21(20)8-9-3-1-2-6-14-9/h4-5,7,9,14H,1-3,6,8H2,(H,15,16)/t9-,21-/m1/s1. The first-order valence-electron chi connectivity index (χ1n) is 6.89. The lowest BCUT2D eigenvalue weighted by molar-refractivity contribution is -0.384. The normalized spacial score (nSPS) is 20.5. The molecule has 7 nitrogen and oxygen atoms in total. The lowest BCUT2D eigenvalue weighted by Gasteiger charge is -2.22. The van der Waals surface area contributed by atoms with Crippen molar-refractivity contribution in [1.82, 2.24) is 15.3 Å². The number of hydrogen-bond donors (Lipinski definition) is 2. The molecular weight excluding hydrogens is 292 g/mol. The molecule has 2 heterocycles. The van der Waals surface area contributed by atoms with Gasteiger partial charge < -0.3 is 10.3 Å². The number of nitro groups is 1. The van der Waals surface area contributed by atoms with Crippen LogP contribution in [0.25, 0.3) is 11.0 Å². The molecule has 8 heteroatoms. The minimum absolute atomic E-state index is 0.00238. The smallest absolute Gasteiger partial charge is 0.271 e. The van der Waals surface area contributed by atoms with Gasteiger partial charge in [0.25, 0.3) is 5.69 Å². The Balaban J connectivity index is 1.79. The van der Waals surface area contributed by atoms with Gasteiger partial charge in [-0.2, -0.15) is 0 Å². The zero-order valence-corrected chi connectivity index (χ0v) is 12.2. The van der Waals surface area contributed by atoms with Crippen LogP contribution in [0.5, 0.6) is 0 Å². The van der Waals surface area contributed by atoms with Gasteiger partial charge in [-0.25, -0.2) is 4.98 Å². The number of hydrogen-bond acceptors (Lipinski definition) is 5. The third kappa shape index (κ3) is 3.11. The summed E-state index contributed by atoms with van der Waals surface area (Å²) in [6.07, 6.45) is 3.34. The van der Waals surface area contributed by atoms with Crippen molar-refractivity contribution in [2.24, 2.45) is 0 Å². The van der Waals surface area contributed by atoms with Crippen molar-refractivity contribution < 1.29 is 9.13 Å². The van der Waals surface area contributed by atoms with Gasteiger partial charge in [0.05, 0.1) is 26.8 Å². The first-order valence-corrected chi connectivity index (χ1v) is 8.21. The van der Waals surface area contributed by atoms with Crippen molar-refractivity contribution in [3.8, 4) is 0 Å². The molecule has 21 heavy (non-hydrogen) atoms. The van der Waals surface area contributed by atoms with E-state index in [0.29, 0.717) is 21.9 Å². The molecule has 2 atom stereocenters. The van der Waals surface area contributed by atoms with Crippen LogP contribution in [-0.2, 0) is 10.8 Å². The largest absolute Gasteiger partial charge is 0.331 e. The Hall–Kier alpha value is -1.80. The Kier molecular flexibility index (Phi) is 3.98. The number of piperidine rings is 1. The fraction of sp³-hybridized carbons (Fsp3) is 0.462.